The van der Waals surface area contributed by atoms with Crippen LogP contribution in [-0.2, 0) is 11.3 Å². The van der Waals surface area contributed by atoms with Crippen LogP contribution in [0.4, 0.5) is 10.1 Å². The number of carbonyl (C=O) groups excluding carboxylic acids is 2. The molecule has 0 bridgehead atoms. The zero-order valence-corrected chi connectivity index (χ0v) is 18.3. The van der Waals surface area contributed by atoms with Gasteiger partial charge in [0.2, 0.25) is 5.91 Å². The lowest BCUT2D eigenvalue weighted by molar-refractivity contribution is -0.118. The summed E-state index contributed by atoms with van der Waals surface area (Å²) in [7, 11) is 0. The molecule has 1 N–H and O–H groups in total. The average molecular weight is 450 g/mol. The van der Waals surface area contributed by atoms with E-state index in [-0.39, 0.29) is 35.5 Å². The summed E-state index contributed by atoms with van der Waals surface area (Å²) in [5.74, 6) is -0.872. The predicted molar refractivity (Wildman–Crippen MR) is 124 cm³/mol. The van der Waals surface area contributed by atoms with Crippen molar-refractivity contribution in [2.24, 2.45) is 5.92 Å². The van der Waals surface area contributed by atoms with E-state index in [1.165, 1.54) is 34.4 Å². The molecule has 32 heavy (non-hydrogen) atoms. The highest BCUT2D eigenvalue weighted by atomic mass is 32.1. The second kappa shape index (κ2) is 8.84. The monoisotopic (exact) mass is 449 g/mol. The molecule has 0 aliphatic heterocycles. The molecule has 2 heterocycles. The second-order valence-electron chi connectivity index (χ2n) is 7.66. The maximum absolute atomic E-state index is 13.3. The summed E-state index contributed by atoms with van der Waals surface area (Å²) in [4.78, 5) is 42.6. The Kier molecular flexibility index (Phi) is 5.96. The third kappa shape index (κ3) is 4.36. The highest BCUT2D eigenvalue weighted by Crippen LogP contribution is 2.30. The van der Waals surface area contributed by atoms with Gasteiger partial charge in [0.15, 0.2) is 5.78 Å². The number of ketones is 1. The molecular formula is C24H20FN3O3S. The van der Waals surface area contributed by atoms with E-state index in [0.717, 1.165) is 0 Å². The van der Waals surface area contributed by atoms with Crippen molar-refractivity contribution in [3.63, 3.8) is 0 Å². The Balaban J connectivity index is 1.59. The first-order chi connectivity index (χ1) is 15.3. The number of aromatic nitrogens is 2. The van der Waals surface area contributed by atoms with Crippen molar-refractivity contribution in [1.29, 1.82) is 0 Å². The number of hydrogen-bond acceptors (Lipinski definition) is 5. The molecule has 0 atom stereocenters. The number of nitrogens with zero attached hydrogens (tertiary/aromatic N) is 2. The summed E-state index contributed by atoms with van der Waals surface area (Å²) in [5, 5.41) is 4.99. The van der Waals surface area contributed by atoms with Crippen molar-refractivity contribution in [2.75, 3.05) is 5.32 Å². The van der Waals surface area contributed by atoms with Crippen LogP contribution >= 0.6 is 11.3 Å². The van der Waals surface area contributed by atoms with E-state index in [4.69, 9.17) is 0 Å². The Labute approximate surface area is 187 Å². The van der Waals surface area contributed by atoms with Gasteiger partial charge >= 0.3 is 0 Å². The van der Waals surface area contributed by atoms with Gasteiger partial charge in [-0.2, -0.15) is 0 Å². The molecule has 6 nitrogen and oxygen atoms in total. The third-order valence-electron chi connectivity index (χ3n) is 5.03. The van der Waals surface area contributed by atoms with Crippen LogP contribution in [0.2, 0.25) is 0 Å². The van der Waals surface area contributed by atoms with Crippen molar-refractivity contribution < 1.29 is 14.0 Å². The normalized spacial score (nSPS) is 11.1. The highest BCUT2D eigenvalue weighted by molar-refractivity contribution is 7.17. The van der Waals surface area contributed by atoms with Gasteiger partial charge in [-0.25, -0.2) is 9.37 Å². The molecule has 0 saturated carbocycles. The van der Waals surface area contributed by atoms with Gasteiger partial charge in [-0.3, -0.25) is 19.0 Å². The van der Waals surface area contributed by atoms with Crippen molar-refractivity contribution >= 4 is 38.9 Å². The molecule has 0 aliphatic carbocycles. The average Bonchev–Trinajstić information content (AvgIpc) is 3.21. The van der Waals surface area contributed by atoms with Crippen LogP contribution in [0.3, 0.4) is 0 Å². The van der Waals surface area contributed by atoms with Crippen molar-refractivity contribution in [3.05, 3.63) is 82.0 Å². The summed E-state index contributed by atoms with van der Waals surface area (Å²) in [6, 6.07) is 12.4. The molecule has 2 aromatic carbocycles. The first kappa shape index (κ1) is 21.6. The first-order valence-electron chi connectivity index (χ1n) is 10.00. The number of hydrogen-bond donors (Lipinski definition) is 1. The topological polar surface area (TPSA) is 81.1 Å². The van der Waals surface area contributed by atoms with Crippen LogP contribution in [0.15, 0.2) is 65.0 Å². The standard InChI is InChI=1S/C24H20FN3O3S/c1-14(2)22(30)27-18-9-5-16(6-10-18)20(29)11-28-13-26-23-21(24(28)31)19(12-32-23)15-3-7-17(25)8-4-15/h3-10,12-14H,11H2,1-2H3,(H,27,30). The first-order valence-corrected chi connectivity index (χ1v) is 10.9. The number of amides is 1. The molecule has 0 saturated heterocycles. The minimum absolute atomic E-state index is 0.109. The van der Waals surface area contributed by atoms with Gasteiger partial charge in [0, 0.05) is 28.1 Å². The number of anilines is 1. The number of fused-ring (bicyclic) bond motifs is 1. The van der Waals surface area contributed by atoms with Crippen LogP contribution < -0.4 is 10.9 Å². The maximum Gasteiger partial charge on any atom is 0.263 e. The maximum atomic E-state index is 13.3. The molecule has 0 fully saturated rings. The van der Waals surface area contributed by atoms with Gasteiger partial charge in [-0.1, -0.05) is 26.0 Å². The van der Waals surface area contributed by atoms with Crippen LogP contribution in [0.5, 0.6) is 0 Å². The summed E-state index contributed by atoms with van der Waals surface area (Å²) in [6.07, 6.45) is 1.37. The van der Waals surface area contributed by atoms with E-state index in [0.29, 0.717) is 32.6 Å². The van der Waals surface area contributed by atoms with Crippen molar-refractivity contribution in [1.82, 2.24) is 9.55 Å². The minimum atomic E-state index is -0.357. The summed E-state index contributed by atoms with van der Waals surface area (Å²) >= 11 is 1.32. The number of benzene rings is 2. The Hall–Kier alpha value is -3.65. The smallest absolute Gasteiger partial charge is 0.263 e. The fraction of sp³-hybridized carbons (Fsp3) is 0.167. The molecule has 4 rings (SSSR count). The molecule has 162 valence electrons. The van der Waals surface area contributed by atoms with Crippen LogP contribution in [0.25, 0.3) is 21.3 Å². The second-order valence-corrected chi connectivity index (χ2v) is 8.52. The molecule has 0 spiro atoms. The van der Waals surface area contributed by atoms with Crippen LogP contribution in [0.1, 0.15) is 24.2 Å². The molecule has 0 radical (unpaired) electrons. The van der Waals surface area contributed by atoms with E-state index in [2.05, 4.69) is 10.3 Å². The van der Waals surface area contributed by atoms with Gasteiger partial charge < -0.3 is 5.32 Å². The van der Waals surface area contributed by atoms with E-state index in [9.17, 15) is 18.8 Å². The molecular weight excluding hydrogens is 429 g/mol. The predicted octanol–water partition coefficient (Wildman–Crippen LogP) is 4.74. The Morgan fingerprint density at radius 2 is 1.78 bits per heavy atom. The van der Waals surface area contributed by atoms with Gasteiger partial charge in [0.25, 0.3) is 5.56 Å². The van der Waals surface area contributed by atoms with Gasteiger partial charge in [-0.05, 0) is 42.0 Å². The lowest BCUT2D eigenvalue weighted by atomic mass is 10.1. The van der Waals surface area contributed by atoms with E-state index >= 15 is 0 Å². The van der Waals surface area contributed by atoms with E-state index in [1.807, 2.05) is 5.38 Å². The quantitative estimate of drug-likeness (QED) is 0.431. The van der Waals surface area contributed by atoms with E-state index in [1.54, 1.807) is 50.2 Å². The SMILES string of the molecule is CC(C)C(=O)Nc1ccc(C(=O)Cn2cnc3scc(-c4ccc(F)cc4)c3c2=O)cc1. The van der Waals surface area contributed by atoms with Gasteiger partial charge in [0.1, 0.15) is 10.6 Å². The minimum Gasteiger partial charge on any atom is -0.326 e. The van der Waals surface area contributed by atoms with Gasteiger partial charge in [-0.15, -0.1) is 11.3 Å². The van der Waals surface area contributed by atoms with E-state index < -0.39 is 0 Å². The van der Waals surface area contributed by atoms with Crippen molar-refractivity contribution in [3.8, 4) is 11.1 Å². The Morgan fingerprint density at radius 1 is 1.09 bits per heavy atom. The summed E-state index contributed by atoms with van der Waals surface area (Å²) in [5.41, 5.74) is 2.06. The van der Waals surface area contributed by atoms with Crippen molar-refractivity contribution in [2.45, 2.75) is 20.4 Å². The number of Topliss-reactive ketones (excluding diaryl/α,β-unsaturated/α-hetero) is 1. The molecule has 0 aliphatic rings. The van der Waals surface area contributed by atoms with Gasteiger partial charge in [0.05, 0.1) is 18.3 Å². The fourth-order valence-corrected chi connectivity index (χ4v) is 4.10. The molecule has 4 aromatic rings. The number of thiophene rings is 1. The van der Waals surface area contributed by atoms with Crippen LogP contribution in [0, 0.1) is 11.7 Å². The Bertz CT molecular complexity index is 1360. The third-order valence-corrected chi connectivity index (χ3v) is 5.92. The lowest BCUT2D eigenvalue weighted by Gasteiger charge is -2.09. The molecule has 2 aromatic heterocycles. The molecule has 1 amide bonds. The number of carbonyl (C=O) groups is 2. The Morgan fingerprint density at radius 3 is 2.44 bits per heavy atom. The zero-order valence-electron chi connectivity index (χ0n) is 17.5. The largest absolute Gasteiger partial charge is 0.326 e. The molecule has 8 heteroatoms. The lowest BCUT2D eigenvalue weighted by Crippen LogP contribution is -2.24. The fourth-order valence-electron chi connectivity index (χ4n) is 3.19. The van der Waals surface area contributed by atoms with Crippen LogP contribution in [-0.4, -0.2) is 21.2 Å². The highest BCUT2D eigenvalue weighted by Gasteiger charge is 2.16. The summed E-state index contributed by atoms with van der Waals surface area (Å²) < 4.78 is 14.6. The summed E-state index contributed by atoms with van der Waals surface area (Å²) in [6.45, 7) is 3.42. The molecule has 0 unspecified atom stereocenters. The zero-order chi connectivity index (χ0) is 22.8. The number of rotatable bonds is 6. The number of nitrogens with one attached hydrogen (secondary N) is 1. The number of halogens is 1.